The van der Waals surface area contributed by atoms with Crippen molar-refractivity contribution in [1.82, 2.24) is 14.9 Å². The van der Waals surface area contributed by atoms with Crippen molar-refractivity contribution in [3.63, 3.8) is 0 Å². The molecular formula is C23H25ClN4O. The Balaban J connectivity index is 1.40. The summed E-state index contributed by atoms with van der Waals surface area (Å²) in [5.41, 5.74) is 5.12. The van der Waals surface area contributed by atoms with E-state index in [-0.39, 0.29) is 5.92 Å². The summed E-state index contributed by atoms with van der Waals surface area (Å²) in [7, 11) is 0. The smallest absolute Gasteiger partial charge is 0.227 e. The van der Waals surface area contributed by atoms with Crippen LogP contribution in [0.25, 0.3) is 22.4 Å². The molecule has 0 aliphatic carbocycles. The van der Waals surface area contributed by atoms with Gasteiger partial charge in [-0.2, -0.15) is 0 Å². The largest absolute Gasteiger partial charge is 0.371 e. The van der Waals surface area contributed by atoms with Gasteiger partial charge in [0.25, 0.3) is 0 Å². The van der Waals surface area contributed by atoms with Crippen molar-refractivity contribution in [1.29, 1.82) is 0 Å². The van der Waals surface area contributed by atoms with Crippen molar-refractivity contribution in [2.24, 2.45) is 5.92 Å². The quantitative estimate of drug-likeness (QED) is 0.686. The van der Waals surface area contributed by atoms with Crippen molar-refractivity contribution in [3.05, 3.63) is 47.0 Å². The Kier molecular flexibility index (Phi) is 4.70. The number of nitrogens with one attached hydrogen (secondary N) is 1. The number of likely N-dealkylation sites (tertiary alicyclic amines) is 1. The Bertz CT molecular complexity index is 1070. The number of aryl methyl sites for hydroxylation is 1. The van der Waals surface area contributed by atoms with Crippen LogP contribution in [0.5, 0.6) is 0 Å². The number of halogens is 1. The van der Waals surface area contributed by atoms with Gasteiger partial charge in [0.1, 0.15) is 5.82 Å². The monoisotopic (exact) mass is 408 g/mol. The molecule has 0 spiro atoms. The van der Waals surface area contributed by atoms with Gasteiger partial charge >= 0.3 is 0 Å². The standard InChI is InChI=1S/C23H25ClN4O/c1-15-4-7-20-21(12-15)26-22(25-20)18-13-17(5-6-19(18)24)28-11-8-16(14-28)23(29)27-9-2-3-10-27/h4-7,12-13,16H,2-3,8-11,14H2,1H3,(H,25,26). The van der Waals surface area contributed by atoms with Crippen LogP contribution in [0.15, 0.2) is 36.4 Å². The van der Waals surface area contributed by atoms with Gasteiger partial charge < -0.3 is 14.8 Å². The fourth-order valence-electron chi connectivity index (χ4n) is 4.53. The van der Waals surface area contributed by atoms with Crippen LogP contribution in [0, 0.1) is 12.8 Å². The highest BCUT2D eigenvalue weighted by Gasteiger charge is 2.32. The average Bonchev–Trinajstić information content (AvgIpc) is 3.47. The third-order valence-corrected chi connectivity index (χ3v) is 6.49. The summed E-state index contributed by atoms with van der Waals surface area (Å²) in [6.45, 7) is 5.58. The van der Waals surface area contributed by atoms with E-state index in [1.54, 1.807) is 0 Å². The minimum atomic E-state index is 0.0985. The van der Waals surface area contributed by atoms with Gasteiger partial charge in [0, 0.05) is 37.4 Å². The second-order valence-corrected chi connectivity index (χ2v) is 8.64. The Hall–Kier alpha value is -2.53. The molecule has 150 valence electrons. The summed E-state index contributed by atoms with van der Waals surface area (Å²) in [5.74, 6) is 1.20. The van der Waals surface area contributed by atoms with Gasteiger partial charge in [0.05, 0.1) is 22.0 Å². The predicted octanol–water partition coefficient (Wildman–Crippen LogP) is 4.64. The summed E-state index contributed by atoms with van der Waals surface area (Å²) in [6, 6.07) is 12.3. The van der Waals surface area contributed by atoms with E-state index >= 15 is 0 Å². The van der Waals surface area contributed by atoms with E-state index in [1.807, 2.05) is 23.1 Å². The van der Waals surface area contributed by atoms with Crippen LogP contribution in [0.3, 0.4) is 0 Å². The lowest BCUT2D eigenvalue weighted by atomic mass is 10.1. The summed E-state index contributed by atoms with van der Waals surface area (Å²) < 4.78 is 0. The number of carbonyl (C=O) groups is 1. The van der Waals surface area contributed by atoms with Crippen LogP contribution in [-0.4, -0.2) is 47.0 Å². The van der Waals surface area contributed by atoms with Crippen LogP contribution in [0.1, 0.15) is 24.8 Å². The molecule has 2 aromatic carbocycles. The minimum absolute atomic E-state index is 0.0985. The fourth-order valence-corrected chi connectivity index (χ4v) is 4.73. The Morgan fingerprint density at radius 2 is 1.97 bits per heavy atom. The number of aromatic amines is 1. The first kappa shape index (κ1) is 18.5. The maximum atomic E-state index is 12.8. The molecule has 29 heavy (non-hydrogen) atoms. The van der Waals surface area contributed by atoms with Gasteiger partial charge in [-0.25, -0.2) is 4.98 Å². The molecule has 5 nitrogen and oxygen atoms in total. The number of aromatic nitrogens is 2. The van der Waals surface area contributed by atoms with Crippen LogP contribution in [0.2, 0.25) is 5.02 Å². The zero-order valence-electron chi connectivity index (χ0n) is 16.6. The lowest BCUT2D eigenvalue weighted by Gasteiger charge is -2.22. The Morgan fingerprint density at radius 3 is 2.79 bits per heavy atom. The van der Waals surface area contributed by atoms with Crippen molar-refractivity contribution in [2.45, 2.75) is 26.2 Å². The predicted molar refractivity (Wildman–Crippen MR) is 117 cm³/mol. The number of amides is 1. The lowest BCUT2D eigenvalue weighted by Crippen LogP contribution is -2.35. The van der Waals surface area contributed by atoms with Crippen LogP contribution in [-0.2, 0) is 4.79 Å². The average molecular weight is 409 g/mol. The highest BCUT2D eigenvalue weighted by Crippen LogP contribution is 2.34. The first-order chi connectivity index (χ1) is 14.1. The van der Waals surface area contributed by atoms with Crippen molar-refractivity contribution in [2.75, 3.05) is 31.1 Å². The maximum Gasteiger partial charge on any atom is 0.227 e. The molecule has 2 fully saturated rings. The summed E-state index contributed by atoms with van der Waals surface area (Å²) in [4.78, 5) is 25.2. The third kappa shape index (κ3) is 3.48. The molecule has 1 atom stereocenters. The molecule has 0 saturated carbocycles. The van der Waals surface area contributed by atoms with Crippen LogP contribution >= 0.6 is 11.6 Å². The van der Waals surface area contributed by atoms with Gasteiger partial charge in [-0.1, -0.05) is 17.7 Å². The van der Waals surface area contributed by atoms with Gasteiger partial charge in [0.15, 0.2) is 0 Å². The first-order valence-electron chi connectivity index (χ1n) is 10.4. The number of rotatable bonds is 3. The molecule has 2 aliphatic heterocycles. The summed E-state index contributed by atoms with van der Waals surface area (Å²) in [6.07, 6.45) is 3.19. The number of nitrogens with zero attached hydrogens (tertiary/aromatic N) is 3. The maximum absolute atomic E-state index is 12.8. The number of fused-ring (bicyclic) bond motifs is 1. The molecule has 0 radical (unpaired) electrons. The number of carbonyl (C=O) groups excluding carboxylic acids is 1. The number of hydrogen-bond acceptors (Lipinski definition) is 3. The number of H-pyrrole nitrogens is 1. The molecule has 2 saturated heterocycles. The number of benzene rings is 2. The van der Waals surface area contributed by atoms with E-state index < -0.39 is 0 Å². The zero-order chi connectivity index (χ0) is 20.0. The molecule has 3 aromatic rings. The molecule has 0 bridgehead atoms. The van der Waals surface area contributed by atoms with E-state index in [2.05, 4.69) is 35.0 Å². The third-order valence-electron chi connectivity index (χ3n) is 6.16. The highest BCUT2D eigenvalue weighted by molar-refractivity contribution is 6.33. The van der Waals surface area contributed by atoms with E-state index in [0.29, 0.717) is 10.9 Å². The molecule has 1 unspecified atom stereocenters. The van der Waals surface area contributed by atoms with Crippen LogP contribution in [0.4, 0.5) is 5.69 Å². The Labute approximate surface area is 175 Å². The van der Waals surface area contributed by atoms with Crippen LogP contribution < -0.4 is 4.90 Å². The SMILES string of the molecule is Cc1ccc2[nH]c(-c3cc(N4CCC(C(=O)N5CCCC5)C4)ccc3Cl)nc2c1. The molecule has 5 rings (SSSR count). The van der Waals surface area contributed by atoms with Crippen molar-refractivity contribution < 1.29 is 4.79 Å². The molecule has 2 aliphatic rings. The van der Waals surface area contributed by atoms with Gasteiger partial charge in [-0.3, -0.25) is 4.79 Å². The second kappa shape index (κ2) is 7.38. The Morgan fingerprint density at radius 1 is 1.14 bits per heavy atom. The molecular weight excluding hydrogens is 384 g/mol. The molecule has 1 N–H and O–H groups in total. The topological polar surface area (TPSA) is 52.2 Å². The van der Waals surface area contributed by atoms with Gasteiger partial charge in [-0.05, 0) is 62.1 Å². The number of anilines is 1. The summed E-state index contributed by atoms with van der Waals surface area (Å²) in [5, 5.41) is 0.674. The molecule has 6 heteroatoms. The van der Waals surface area contributed by atoms with E-state index in [4.69, 9.17) is 16.6 Å². The lowest BCUT2D eigenvalue weighted by molar-refractivity contribution is -0.133. The summed E-state index contributed by atoms with van der Waals surface area (Å²) >= 11 is 6.52. The normalized spacial score (nSPS) is 19.4. The number of imidazole rings is 1. The van der Waals surface area contributed by atoms with Gasteiger partial charge in [-0.15, -0.1) is 0 Å². The van der Waals surface area contributed by atoms with E-state index in [0.717, 1.165) is 73.6 Å². The minimum Gasteiger partial charge on any atom is -0.371 e. The van der Waals surface area contributed by atoms with Crippen molar-refractivity contribution in [3.8, 4) is 11.4 Å². The van der Waals surface area contributed by atoms with E-state index in [9.17, 15) is 4.79 Å². The first-order valence-corrected chi connectivity index (χ1v) is 10.8. The second-order valence-electron chi connectivity index (χ2n) is 8.23. The number of hydrogen-bond donors (Lipinski definition) is 1. The zero-order valence-corrected chi connectivity index (χ0v) is 17.4. The highest BCUT2D eigenvalue weighted by atomic mass is 35.5. The van der Waals surface area contributed by atoms with Crippen molar-refractivity contribution >= 4 is 34.2 Å². The molecule has 1 aromatic heterocycles. The molecule has 3 heterocycles. The van der Waals surface area contributed by atoms with E-state index in [1.165, 1.54) is 5.56 Å². The van der Waals surface area contributed by atoms with Gasteiger partial charge in [0.2, 0.25) is 5.91 Å². The fraction of sp³-hybridized carbons (Fsp3) is 0.391. The molecule has 1 amide bonds.